The maximum Gasteiger partial charge on any atom is 0.163 e. The summed E-state index contributed by atoms with van der Waals surface area (Å²) in [5, 5.41) is 9.83. The number of hydrogen-bond donors (Lipinski definition) is 2. The molecule has 1 aliphatic carbocycles. The highest BCUT2D eigenvalue weighted by Gasteiger charge is 2.38. The Balaban J connectivity index is 1.58. The van der Waals surface area contributed by atoms with Crippen molar-refractivity contribution in [1.29, 1.82) is 0 Å². The molecule has 2 heterocycles. The predicted octanol–water partition coefficient (Wildman–Crippen LogP) is 7.04. The normalized spacial score (nSPS) is 19.6. The van der Waals surface area contributed by atoms with E-state index < -0.39 is 0 Å². The van der Waals surface area contributed by atoms with E-state index in [1.165, 1.54) is 21.8 Å². The van der Waals surface area contributed by atoms with Crippen molar-refractivity contribution in [1.82, 2.24) is 4.57 Å². The Morgan fingerprint density at radius 1 is 0.909 bits per heavy atom. The second-order valence-electron chi connectivity index (χ2n) is 10.1. The molecule has 0 saturated heterocycles. The van der Waals surface area contributed by atoms with E-state index in [2.05, 4.69) is 90.6 Å². The summed E-state index contributed by atoms with van der Waals surface area (Å²) in [5.41, 5.74) is 7.55. The lowest BCUT2D eigenvalue weighted by atomic mass is 9.73. The van der Waals surface area contributed by atoms with Crippen LogP contribution in [0.3, 0.4) is 0 Å². The summed E-state index contributed by atoms with van der Waals surface area (Å²) in [6.07, 6.45) is 1.43. The summed E-state index contributed by atoms with van der Waals surface area (Å²) < 4.78 is 2.37. The van der Waals surface area contributed by atoms with Gasteiger partial charge in [0.2, 0.25) is 0 Å². The molecule has 0 bridgehead atoms. The van der Waals surface area contributed by atoms with Gasteiger partial charge in [0, 0.05) is 46.0 Å². The van der Waals surface area contributed by atoms with Gasteiger partial charge in [-0.1, -0.05) is 50.2 Å². The highest BCUT2D eigenvalue weighted by atomic mass is 16.1. The number of aromatic nitrogens is 1. The first-order valence-electron chi connectivity index (χ1n) is 11.8. The summed E-state index contributed by atoms with van der Waals surface area (Å²) in [5.74, 6) is 0.232. The van der Waals surface area contributed by atoms with Crippen molar-refractivity contribution in [2.45, 2.75) is 46.2 Å². The van der Waals surface area contributed by atoms with E-state index in [4.69, 9.17) is 0 Å². The second-order valence-corrected chi connectivity index (χ2v) is 10.1. The Morgan fingerprint density at radius 2 is 1.64 bits per heavy atom. The van der Waals surface area contributed by atoms with E-state index in [0.29, 0.717) is 6.42 Å². The van der Waals surface area contributed by atoms with Gasteiger partial charge in [-0.25, -0.2) is 0 Å². The van der Waals surface area contributed by atoms with Crippen molar-refractivity contribution in [3.05, 3.63) is 83.6 Å². The summed E-state index contributed by atoms with van der Waals surface area (Å²) in [7, 11) is 0. The van der Waals surface area contributed by atoms with Gasteiger partial charge in [0.15, 0.2) is 5.78 Å². The molecule has 2 aliphatic rings. The molecule has 6 rings (SSSR count). The molecule has 4 heteroatoms. The van der Waals surface area contributed by atoms with Crippen LogP contribution in [0.4, 0.5) is 11.4 Å². The molecule has 1 atom stereocenters. The third-order valence-corrected chi connectivity index (χ3v) is 7.17. The van der Waals surface area contributed by atoms with Crippen LogP contribution in [0.15, 0.2) is 78.0 Å². The number of aryl methyl sites for hydroxylation is 1. The van der Waals surface area contributed by atoms with Crippen LogP contribution in [-0.4, -0.2) is 10.4 Å². The lowest BCUT2D eigenvalue weighted by Crippen LogP contribution is -2.31. The zero-order valence-corrected chi connectivity index (χ0v) is 19.4. The highest BCUT2D eigenvalue weighted by molar-refractivity contribution is 6.08. The Kier molecular flexibility index (Phi) is 4.41. The standard InChI is InChI=1S/C29H29N3O/c1-4-32-24-12-8-5-9-19(24)20-15-18(13-14-25(20)32)28-27-23(16-29(2,3)17-26(27)33)30-21-10-6-7-11-22(21)31-28/h5-15,28,30-31H,4,16-17H2,1-3H3/t28-/m1/s1. The number of ketones is 1. The minimum Gasteiger partial charge on any atom is -0.372 e. The van der Waals surface area contributed by atoms with Crippen LogP contribution in [0.2, 0.25) is 0 Å². The van der Waals surface area contributed by atoms with Crippen LogP contribution in [-0.2, 0) is 11.3 Å². The molecule has 4 aromatic rings. The molecule has 0 saturated carbocycles. The molecule has 0 unspecified atom stereocenters. The molecule has 0 amide bonds. The first-order valence-corrected chi connectivity index (χ1v) is 11.8. The molecule has 4 nitrogen and oxygen atoms in total. The summed E-state index contributed by atoms with van der Waals surface area (Å²) in [4.78, 5) is 13.5. The monoisotopic (exact) mass is 435 g/mol. The molecular formula is C29H29N3O. The number of anilines is 2. The zero-order chi connectivity index (χ0) is 22.7. The minimum atomic E-state index is -0.187. The zero-order valence-electron chi connectivity index (χ0n) is 19.4. The van der Waals surface area contributed by atoms with Crippen LogP contribution < -0.4 is 10.6 Å². The number of carbonyl (C=O) groups excluding carboxylic acids is 1. The van der Waals surface area contributed by atoms with Crippen molar-refractivity contribution < 1.29 is 4.79 Å². The number of nitrogens with zero attached hydrogens (tertiary/aromatic N) is 1. The molecule has 3 aromatic carbocycles. The maximum absolute atomic E-state index is 13.5. The molecule has 0 radical (unpaired) electrons. The Bertz CT molecular complexity index is 1460. The Labute approximate surface area is 194 Å². The number of allylic oxidation sites excluding steroid dienone is 1. The number of rotatable bonds is 2. The lowest BCUT2D eigenvalue weighted by molar-refractivity contribution is -0.118. The van der Waals surface area contributed by atoms with Crippen LogP contribution in [0, 0.1) is 5.41 Å². The van der Waals surface area contributed by atoms with E-state index in [1.54, 1.807) is 0 Å². The number of Topliss-reactive ketones (excluding diaryl/α,β-unsaturated/α-hetero) is 1. The number of hydrogen-bond acceptors (Lipinski definition) is 3. The van der Waals surface area contributed by atoms with Crippen LogP contribution in [0.5, 0.6) is 0 Å². The number of benzene rings is 3. The van der Waals surface area contributed by atoms with Crippen molar-refractivity contribution in [2.75, 3.05) is 10.6 Å². The fraction of sp³-hybridized carbons (Fsp3) is 0.276. The molecular weight excluding hydrogens is 406 g/mol. The van der Waals surface area contributed by atoms with Gasteiger partial charge < -0.3 is 15.2 Å². The predicted molar refractivity (Wildman–Crippen MR) is 137 cm³/mol. The Hall–Kier alpha value is -3.53. The second kappa shape index (κ2) is 7.24. The van der Waals surface area contributed by atoms with Crippen molar-refractivity contribution in [2.24, 2.45) is 5.41 Å². The van der Waals surface area contributed by atoms with E-state index in [1.807, 2.05) is 12.1 Å². The van der Waals surface area contributed by atoms with Crippen LogP contribution in [0.1, 0.15) is 45.2 Å². The third kappa shape index (κ3) is 3.16. The molecule has 166 valence electrons. The third-order valence-electron chi connectivity index (χ3n) is 7.17. The fourth-order valence-corrected chi connectivity index (χ4v) is 5.73. The summed E-state index contributed by atoms with van der Waals surface area (Å²) in [6, 6.07) is 23.3. The topological polar surface area (TPSA) is 46.1 Å². The van der Waals surface area contributed by atoms with Gasteiger partial charge in [0.1, 0.15) is 0 Å². The smallest absolute Gasteiger partial charge is 0.163 e. The van der Waals surface area contributed by atoms with Crippen molar-refractivity contribution >= 4 is 39.0 Å². The molecule has 1 aromatic heterocycles. The first-order chi connectivity index (χ1) is 15.9. The van der Waals surface area contributed by atoms with Crippen molar-refractivity contribution in [3.63, 3.8) is 0 Å². The largest absolute Gasteiger partial charge is 0.372 e. The van der Waals surface area contributed by atoms with E-state index >= 15 is 0 Å². The number of fused-ring (bicyclic) bond motifs is 4. The maximum atomic E-state index is 13.5. The molecule has 1 aliphatic heterocycles. The van der Waals surface area contributed by atoms with Gasteiger partial charge in [0.05, 0.1) is 17.4 Å². The minimum absolute atomic E-state index is 0.0503. The van der Waals surface area contributed by atoms with Crippen LogP contribution >= 0.6 is 0 Å². The molecule has 0 spiro atoms. The van der Waals surface area contributed by atoms with Crippen LogP contribution in [0.25, 0.3) is 21.8 Å². The average Bonchev–Trinajstić information content (AvgIpc) is 3.00. The van der Waals surface area contributed by atoms with Gasteiger partial charge in [-0.3, -0.25) is 4.79 Å². The number of para-hydroxylation sites is 3. The lowest BCUT2D eigenvalue weighted by Gasteiger charge is -2.34. The average molecular weight is 436 g/mol. The molecule has 0 fully saturated rings. The Morgan fingerprint density at radius 3 is 2.45 bits per heavy atom. The highest BCUT2D eigenvalue weighted by Crippen LogP contribution is 2.46. The first kappa shape index (κ1) is 20.1. The van der Waals surface area contributed by atoms with E-state index in [-0.39, 0.29) is 17.2 Å². The van der Waals surface area contributed by atoms with Gasteiger partial charge in [-0.2, -0.15) is 0 Å². The quantitative estimate of drug-likeness (QED) is 0.355. The number of nitrogens with one attached hydrogen (secondary N) is 2. The summed E-state index contributed by atoms with van der Waals surface area (Å²) in [6.45, 7) is 7.47. The molecule has 33 heavy (non-hydrogen) atoms. The summed E-state index contributed by atoms with van der Waals surface area (Å²) >= 11 is 0. The van der Waals surface area contributed by atoms with Gasteiger partial charge in [0.25, 0.3) is 0 Å². The SMILES string of the molecule is CCn1c2ccccc2c2cc([C@H]3Nc4ccccc4NC4=C3C(=O)CC(C)(C)C4)ccc21. The fourth-order valence-electron chi connectivity index (χ4n) is 5.73. The molecule has 2 N–H and O–H groups in total. The van der Waals surface area contributed by atoms with Crippen molar-refractivity contribution in [3.8, 4) is 0 Å². The van der Waals surface area contributed by atoms with Gasteiger partial charge in [-0.05, 0) is 54.7 Å². The number of carbonyl (C=O) groups is 1. The van der Waals surface area contributed by atoms with Gasteiger partial charge >= 0.3 is 0 Å². The van der Waals surface area contributed by atoms with E-state index in [9.17, 15) is 4.79 Å². The van der Waals surface area contributed by atoms with E-state index in [0.717, 1.165) is 41.2 Å². The van der Waals surface area contributed by atoms with Gasteiger partial charge in [-0.15, -0.1) is 0 Å².